The molecule has 0 atom stereocenters. The van der Waals surface area contributed by atoms with E-state index in [1.807, 2.05) is 32.0 Å². The second-order valence-corrected chi connectivity index (χ2v) is 4.09. The molecule has 0 bridgehead atoms. The molecule has 0 aliphatic heterocycles. The first-order valence-corrected chi connectivity index (χ1v) is 6.08. The summed E-state index contributed by atoms with van der Waals surface area (Å²) in [6, 6.07) is 7.82. The fourth-order valence-corrected chi connectivity index (χ4v) is 1.81. The Morgan fingerprint density at radius 1 is 1.50 bits per heavy atom. The average Bonchev–Trinajstić information content (AvgIpc) is 2.39. The highest BCUT2D eigenvalue weighted by Crippen LogP contribution is 2.19. The lowest BCUT2D eigenvalue weighted by molar-refractivity contribution is 0.0768. The van der Waals surface area contributed by atoms with Crippen LogP contribution < -0.4 is 5.32 Å². The Hall–Kier alpha value is -2.02. The number of benzene rings is 1. The summed E-state index contributed by atoms with van der Waals surface area (Å²) in [4.78, 5) is 14.1. The molecule has 0 heterocycles. The molecule has 0 radical (unpaired) electrons. The number of hydrogen-bond donors (Lipinski definition) is 1. The van der Waals surface area contributed by atoms with Gasteiger partial charge in [0.1, 0.15) is 0 Å². The van der Waals surface area contributed by atoms with Crippen molar-refractivity contribution in [3.63, 3.8) is 0 Å². The van der Waals surface area contributed by atoms with Crippen molar-refractivity contribution in [2.45, 2.75) is 20.3 Å². The van der Waals surface area contributed by atoms with Gasteiger partial charge in [-0.3, -0.25) is 4.79 Å². The standard InChI is InChI=1S/C14H19N3O/c1-4-17(9-5-8-15)14(18)12-10-11(2)6-7-13(12)16-3/h6-7,10,16H,4-5,9H2,1-3H3. The van der Waals surface area contributed by atoms with Crippen molar-refractivity contribution in [2.75, 3.05) is 25.5 Å². The molecule has 4 nitrogen and oxygen atoms in total. The number of nitriles is 1. The summed E-state index contributed by atoms with van der Waals surface area (Å²) in [6.45, 7) is 4.96. The molecule has 1 rings (SSSR count). The molecule has 0 saturated carbocycles. The summed E-state index contributed by atoms with van der Waals surface area (Å²) in [5.41, 5.74) is 2.53. The highest BCUT2D eigenvalue weighted by Gasteiger charge is 2.17. The van der Waals surface area contributed by atoms with E-state index in [1.165, 1.54) is 0 Å². The summed E-state index contributed by atoms with van der Waals surface area (Å²) in [5, 5.41) is 11.6. The van der Waals surface area contributed by atoms with E-state index in [-0.39, 0.29) is 5.91 Å². The SMILES string of the molecule is CCN(CCC#N)C(=O)c1cc(C)ccc1NC. The van der Waals surface area contributed by atoms with Crippen LogP contribution in [0.2, 0.25) is 0 Å². The Morgan fingerprint density at radius 2 is 2.22 bits per heavy atom. The number of aryl methyl sites for hydroxylation is 1. The minimum atomic E-state index is -0.0270. The maximum Gasteiger partial charge on any atom is 0.255 e. The molecule has 0 saturated heterocycles. The van der Waals surface area contributed by atoms with E-state index >= 15 is 0 Å². The normalized spacial score (nSPS) is 9.67. The van der Waals surface area contributed by atoms with Crippen molar-refractivity contribution >= 4 is 11.6 Å². The maximum atomic E-state index is 12.4. The Bertz CT molecular complexity index is 463. The van der Waals surface area contributed by atoms with Crippen molar-refractivity contribution < 1.29 is 4.79 Å². The van der Waals surface area contributed by atoms with Crippen LogP contribution in [0.25, 0.3) is 0 Å². The number of nitrogens with one attached hydrogen (secondary N) is 1. The Kier molecular flexibility index (Phi) is 5.19. The number of hydrogen-bond acceptors (Lipinski definition) is 3. The van der Waals surface area contributed by atoms with Gasteiger partial charge in [0.15, 0.2) is 0 Å². The lowest BCUT2D eigenvalue weighted by atomic mass is 10.1. The zero-order valence-corrected chi connectivity index (χ0v) is 11.2. The van der Waals surface area contributed by atoms with Gasteiger partial charge in [-0.15, -0.1) is 0 Å². The van der Waals surface area contributed by atoms with Gasteiger partial charge >= 0.3 is 0 Å². The highest BCUT2D eigenvalue weighted by atomic mass is 16.2. The van der Waals surface area contributed by atoms with Crippen LogP contribution in [0.1, 0.15) is 29.3 Å². The number of anilines is 1. The van der Waals surface area contributed by atoms with Gasteiger partial charge in [-0.05, 0) is 26.0 Å². The molecule has 0 aliphatic rings. The van der Waals surface area contributed by atoms with Gasteiger partial charge < -0.3 is 10.2 Å². The van der Waals surface area contributed by atoms with Crippen molar-refractivity contribution in [2.24, 2.45) is 0 Å². The molecular weight excluding hydrogens is 226 g/mol. The molecule has 18 heavy (non-hydrogen) atoms. The van der Waals surface area contributed by atoms with Gasteiger partial charge in [-0.25, -0.2) is 0 Å². The molecule has 0 unspecified atom stereocenters. The van der Waals surface area contributed by atoms with Crippen LogP contribution >= 0.6 is 0 Å². The quantitative estimate of drug-likeness (QED) is 0.866. The lowest BCUT2D eigenvalue weighted by Crippen LogP contribution is -2.32. The van der Waals surface area contributed by atoms with Crippen LogP contribution in [0.15, 0.2) is 18.2 Å². The monoisotopic (exact) mass is 245 g/mol. The van der Waals surface area contributed by atoms with Crippen molar-refractivity contribution in [3.8, 4) is 6.07 Å². The summed E-state index contributed by atoms with van der Waals surface area (Å²) >= 11 is 0. The minimum absolute atomic E-state index is 0.0270. The first-order chi connectivity index (χ1) is 8.63. The van der Waals surface area contributed by atoms with Gasteiger partial charge in [0.05, 0.1) is 18.1 Å². The number of rotatable bonds is 5. The van der Waals surface area contributed by atoms with E-state index in [0.29, 0.717) is 25.1 Å². The molecule has 4 heteroatoms. The Balaban J connectivity index is 3.00. The van der Waals surface area contributed by atoms with E-state index in [0.717, 1.165) is 11.3 Å². The predicted octanol–water partition coefficient (Wildman–Crippen LogP) is 2.41. The molecule has 0 aromatic heterocycles. The van der Waals surface area contributed by atoms with E-state index in [1.54, 1.807) is 11.9 Å². The summed E-state index contributed by atoms with van der Waals surface area (Å²) in [6.07, 6.45) is 0.361. The first-order valence-electron chi connectivity index (χ1n) is 6.08. The zero-order valence-electron chi connectivity index (χ0n) is 11.2. The highest BCUT2D eigenvalue weighted by molar-refractivity contribution is 5.99. The maximum absolute atomic E-state index is 12.4. The van der Waals surface area contributed by atoms with Gasteiger partial charge in [0.25, 0.3) is 5.91 Å². The van der Waals surface area contributed by atoms with E-state index in [2.05, 4.69) is 11.4 Å². The van der Waals surface area contributed by atoms with E-state index in [4.69, 9.17) is 5.26 Å². The predicted molar refractivity (Wildman–Crippen MR) is 72.5 cm³/mol. The first kappa shape index (κ1) is 14.0. The smallest absolute Gasteiger partial charge is 0.255 e. The van der Waals surface area contributed by atoms with Crippen molar-refractivity contribution in [1.29, 1.82) is 5.26 Å². The molecule has 1 aromatic rings. The van der Waals surface area contributed by atoms with Gasteiger partial charge in [-0.1, -0.05) is 11.6 Å². The fourth-order valence-electron chi connectivity index (χ4n) is 1.81. The van der Waals surface area contributed by atoms with Crippen LogP contribution in [0.4, 0.5) is 5.69 Å². The third-order valence-electron chi connectivity index (χ3n) is 2.84. The van der Waals surface area contributed by atoms with Crippen LogP contribution in [-0.4, -0.2) is 30.9 Å². The topological polar surface area (TPSA) is 56.1 Å². The summed E-state index contributed by atoms with van der Waals surface area (Å²) in [5.74, 6) is -0.0270. The van der Waals surface area contributed by atoms with Gasteiger partial charge in [0, 0.05) is 25.8 Å². The van der Waals surface area contributed by atoms with Crippen molar-refractivity contribution in [1.82, 2.24) is 4.90 Å². The molecule has 0 fully saturated rings. The molecule has 1 N–H and O–H groups in total. The third kappa shape index (κ3) is 3.24. The third-order valence-corrected chi connectivity index (χ3v) is 2.84. The summed E-state index contributed by atoms with van der Waals surface area (Å²) < 4.78 is 0. The molecule has 1 amide bonds. The second-order valence-electron chi connectivity index (χ2n) is 4.09. The van der Waals surface area contributed by atoms with Gasteiger partial charge in [0.2, 0.25) is 0 Å². The molecular formula is C14H19N3O. The van der Waals surface area contributed by atoms with Crippen LogP contribution in [0, 0.1) is 18.3 Å². The number of nitrogens with zero attached hydrogens (tertiary/aromatic N) is 2. The minimum Gasteiger partial charge on any atom is -0.387 e. The Morgan fingerprint density at radius 3 is 2.78 bits per heavy atom. The molecule has 0 spiro atoms. The van der Waals surface area contributed by atoms with Crippen LogP contribution in [0.5, 0.6) is 0 Å². The van der Waals surface area contributed by atoms with Crippen LogP contribution in [0.3, 0.4) is 0 Å². The zero-order chi connectivity index (χ0) is 13.5. The molecule has 1 aromatic carbocycles. The molecule has 96 valence electrons. The van der Waals surface area contributed by atoms with Crippen molar-refractivity contribution in [3.05, 3.63) is 29.3 Å². The molecule has 0 aliphatic carbocycles. The number of carbonyl (C=O) groups is 1. The second kappa shape index (κ2) is 6.65. The lowest BCUT2D eigenvalue weighted by Gasteiger charge is -2.21. The van der Waals surface area contributed by atoms with Gasteiger partial charge in [-0.2, -0.15) is 5.26 Å². The summed E-state index contributed by atoms with van der Waals surface area (Å²) in [7, 11) is 1.80. The van der Waals surface area contributed by atoms with E-state index < -0.39 is 0 Å². The Labute approximate surface area is 108 Å². The number of amides is 1. The fraction of sp³-hybridized carbons (Fsp3) is 0.429. The van der Waals surface area contributed by atoms with E-state index in [9.17, 15) is 4.79 Å². The largest absolute Gasteiger partial charge is 0.387 e. The number of carbonyl (C=O) groups excluding carboxylic acids is 1. The van der Waals surface area contributed by atoms with Crippen LogP contribution in [-0.2, 0) is 0 Å². The average molecular weight is 245 g/mol.